The van der Waals surface area contributed by atoms with Crippen LogP contribution in [0.15, 0.2) is 36.5 Å². The van der Waals surface area contributed by atoms with E-state index in [1.807, 2.05) is 30.1 Å². The van der Waals surface area contributed by atoms with Gasteiger partial charge in [-0.3, -0.25) is 0 Å². The van der Waals surface area contributed by atoms with Crippen LogP contribution in [-0.4, -0.2) is 35.3 Å². The second kappa shape index (κ2) is 5.86. The first-order chi connectivity index (χ1) is 9.83. The van der Waals surface area contributed by atoms with E-state index >= 15 is 0 Å². The minimum Gasteiger partial charge on any atom is -0.355 e. The lowest BCUT2D eigenvalue weighted by Gasteiger charge is -2.20. The van der Waals surface area contributed by atoms with Crippen LogP contribution >= 0.6 is 0 Å². The molecule has 0 radical (unpaired) electrons. The SMILES string of the molecule is CN(Cc1ccccc1)c1nncc(N2CCCC2)n1. The third kappa shape index (κ3) is 2.87. The third-order valence-corrected chi connectivity index (χ3v) is 3.57. The Labute approximate surface area is 119 Å². The Morgan fingerprint density at radius 2 is 1.90 bits per heavy atom. The van der Waals surface area contributed by atoms with E-state index in [0.717, 1.165) is 25.5 Å². The van der Waals surface area contributed by atoms with Gasteiger partial charge in [-0.1, -0.05) is 30.3 Å². The van der Waals surface area contributed by atoms with Crippen molar-refractivity contribution in [3.8, 4) is 0 Å². The molecule has 5 nitrogen and oxygen atoms in total. The predicted octanol–water partition coefficient (Wildman–Crippen LogP) is 2.11. The highest BCUT2D eigenvalue weighted by atomic mass is 15.3. The van der Waals surface area contributed by atoms with Crippen molar-refractivity contribution in [3.63, 3.8) is 0 Å². The molecule has 104 valence electrons. The molecular formula is C15H19N5. The van der Waals surface area contributed by atoms with E-state index in [1.54, 1.807) is 6.20 Å². The maximum absolute atomic E-state index is 4.63. The van der Waals surface area contributed by atoms with Gasteiger partial charge in [-0.2, -0.15) is 10.1 Å². The number of benzene rings is 1. The fraction of sp³-hybridized carbons (Fsp3) is 0.400. The summed E-state index contributed by atoms with van der Waals surface area (Å²) in [6.07, 6.45) is 4.23. The first kappa shape index (κ1) is 12.8. The van der Waals surface area contributed by atoms with Gasteiger partial charge >= 0.3 is 0 Å². The molecule has 0 aliphatic carbocycles. The van der Waals surface area contributed by atoms with Crippen molar-refractivity contribution in [3.05, 3.63) is 42.1 Å². The minimum absolute atomic E-state index is 0.679. The molecule has 0 saturated carbocycles. The Bertz CT molecular complexity index is 551. The van der Waals surface area contributed by atoms with Gasteiger partial charge in [0.2, 0.25) is 5.95 Å². The van der Waals surface area contributed by atoms with Crippen LogP contribution in [0.3, 0.4) is 0 Å². The third-order valence-electron chi connectivity index (χ3n) is 3.57. The average molecular weight is 269 g/mol. The summed E-state index contributed by atoms with van der Waals surface area (Å²) in [5.41, 5.74) is 1.24. The van der Waals surface area contributed by atoms with E-state index in [0.29, 0.717) is 5.95 Å². The maximum Gasteiger partial charge on any atom is 0.247 e. The van der Waals surface area contributed by atoms with Crippen molar-refractivity contribution in [2.45, 2.75) is 19.4 Å². The Balaban J connectivity index is 1.74. The van der Waals surface area contributed by atoms with Gasteiger partial charge in [0.15, 0.2) is 5.82 Å². The molecule has 0 spiro atoms. The second-order valence-corrected chi connectivity index (χ2v) is 5.15. The Kier molecular flexibility index (Phi) is 3.76. The van der Waals surface area contributed by atoms with Gasteiger partial charge in [0.1, 0.15) is 0 Å². The maximum atomic E-state index is 4.63. The number of anilines is 2. The van der Waals surface area contributed by atoms with E-state index < -0.39 is 0 Å². The van der Waals surface area contributed by atoms with E-state index in [4.69, 9.17) is 0 Å². The first-order valence-corrected chi connectivity index (χ1v) is 7.03. The average Bonchev–Trinajstić information content (AvgIpc) is 3.03. The number of rotatable bonds is 4. The molecule has 1 saturated heterocycles. The number of hydrogen-bond donors (Lipinski definition) is 0. The molecule has 1 aliphatic heterocycles. The molecule has 0 atom stereocenters. The zero-order chi connectivity index (χ0) is 13.8. The summed E-state index contributed by atoms with van der Waals surface area (Å²) in [6, 6.07) is 10.3. The van der Waals surface area contributed by atoms with E-state index in [-0.39, 0.29) is 0 Å². The van der Waals surface area contributed by atoms with Gasteiger partial charge < -0.3 is 9.80 Å². The molecule has 20 heavy (non-hydrogen) atoms. The monoisotopic (exact) mass is 269 g/mol. The number of nitrogens with zero attached hydrogens (tertiary/aromatic N) is 5. The van der Waals surface area contributed by atoms with E-state index in [2.05, 4.69) is 32.2 Å². The Morgan fingerprint density at radius 1 is 1.15 bits per heavy atom. The summed E-state index contributed by atoms with van der Waals surface area (Å²) in [5, 5.41) is 8.24. The normalized spacial score (nSPS) is 14.6. The molecule has 1 aromatic carbocycles. The second-order valence-electron chi connectivity index (χ2n) is 5.15. The van der Waals surface area contributed by atoms with Crippen LogP contribution < -0.4 is 9.80 Å². The fourth-order valence-electron chi connectivity index (χ4n) is 2.47. The van der Waals surface area contributed by atoms with E-state index in [9.17, 15) is 0 Å². The van der Waals surface area contributed by atoms with Gasteiger partial charge in [-0.15, -0.1) is 5.10 Å². The van der Waals surface area contributed by atoms with Gasteiger partial charge in [0.05, 0.1) is 6.20 Å². The molecule has 0 unspecified atom stereocenters. The van der Waals surface area contributed by atoms with Gasteiger partial charge in [-0.25, -0.2) is 0 Å². The predicted molar refractivity (Wildman–Crippen MR) is 79.8 cm³/mol. The highest BCUT2D eigenvalue weighted by Crippen LogP contribution is 2.18. The summed E-state index contributed by atoms with van der Waals surface area (Å²) in [5.74, 6) is 1.62. The largest absolute Gasteiger partial charge is 0.355 e. The van der Waals surface area contributed by atoms with Gasteiger partial charge in [0.25, 0.3) is 0 Å². The highest BCUT2D eigenvalue weighted by molar-refractivity contribution is 5.42. The van der Waals surface area contributed by atoms with Crippen LogP contribution in [0.25, 0.3) is 0 Å². The van der Waals surface area contributed by atoms with Crippen LogP contribution in [0.2, 0.25) is 0 Å². The lowest BCUT2D eigenvalue weighted by atomic mass is 10.2. The molecule has 0 amide bonds. The van der Waals surface area contributed by atoms with Crippen molar-refractivity contribution in [1.29, 1.82) is 0 Å². The van der Waals surface area contributed by atoms with Crippen molar-refractivity contribution in [2.24, 2.45) is 0 Å². The molecule has 2 aromatic rings. The minimum atomic E-state index is 0.679. The summed E-state index contributed by atoms with van der Waals surface area (Å²) in [4.78, 5) is 8.93. The molecule has 0 N–H and O–H groups in total. The first-order valence-electron chi connectivity index (χ1n) is 7.03. The summed E-state index contributed by atoms with van der Waals surface area (Å²) in [7, 11) is 2.00. The van der Waals surface area contributed by atoms with E-state index in [1.165, 1.54) is 18.4 Å². The van der Waals surface area contributed by atoms with Crippen molar-refractivity contribution in [1.82, 2.24) is 15.2 Å². The standard InChI is InChI=1S/C15H19N5/c1-19(12-13-7-3-2-4-8-13)15-17-14(11-16-18-15)20-9-5-6-10-20/h2-4,7-8,11H,5-6,9-10,12H2,1H3. The van der Waals surface area contributed by atoms with Crippen molar-refractivity contribution >= 4 is 11.8 Å². The molecule has 2 heterocycles. The van der Waals surface area contributed by atoms with Gasteiger partial charge in [-0.05, 0) is 18.4 Å². The summed E-state index contributed by atoms with van der Waals surface area (Å²) < 4.78 is 0. The Hall–Kier alpha value is -2.17. The zero-order valence-electron chi connectivity index (χ0n) is 11.7. The van der Waals surface area contributed by atoms with Crippen LogP contribution in [0, 0.1) is 0 Å². The quantitative estimate of drug-likeness (QED) is 0.850. The van der Waals surface area contributed by atoms with Crippen LogP contribution in [0.4, 0.5) is 11.8 Å². The molecule has 3 rings (SSSR count). The molecule has 5 heteroatoms. The zero-order valence-corrected chi connectivity index (χ0v) is 11.7. The lowest BCUT2D eigenvalue weighted by Crippen LogP contribution is -2.23. The smallest absolute Gasteiger partial charge is 0.247 e. The summed E-state index contributed by atoms with van der Waals surface area (Å²) >= 11 is 0. The molecule has 1 fully saturated rings. The fourth-order valence-corrected chi connectivity index (χ4v) is 2.47. The van der Waals surface area contributed by atoms with Crippen LogP contribution in [0.1, 0.15) is 18.4 Å². The molecule has 1 aliphatic rings. The van der Waals surface area contributed by atoms with Crippen molar-refractivity contribution in [2.75, 3.05) is 29.9 Å². The van der Waals surface area contributed by atoms with Crippen LogP contribution in [0.5, 0.6) is 0 Å². The number of aromatic nitrogens is 3. The van der Waals surface area contributed by atoms with Crippen molar-refractivity contribution < 1.29 is 0 Å². The molecule has 0 bridgehead atoms. The topological polar surface area (TPSA) is 45.2 Å². The summed E-state index contributed by atoms with van der Waals surface area (Å²) in [6.45, 7) is 2.92. The number of hydrogen-bond acceptors (Lipinski definition) is 5. The Morgan fingerprint density at radius 3 is 2.65 bits per heavy atom. The van der Waals surface area contributed by atoms with Gasteiger partial charge in [0, 0.05) is 26.7 Å². The molecular weight excluding hydrogens is 250 g/mol. The highest BCUT2D eigenvalue weighted by Gasteiger charge is 2.15. The lowest BCUT2D eigenvalue weighted by molar-refractivity contribution is 0.812. The van der Waals surface area contributed by atoms with Crippen LogP contribution in [-0.2, 0) is 6.54 Å². The molecule has 1 aromatic heterocycles.